The average Bonchev–Trinajstić information content (AvgIpc) is 2.80. The van der Waals surface area contributed by atoms with E-state index in [9.17, 15) is 8.42 Å². The predicted octanol–water partition coefficient (Wildman–Crippen LogP) is 0.364. The third-order valence-corrected chi connectivity index (χ3v) is 4.79. The fraction of sp³-hybridized carbons (Fsp3) is 0.667. The third-order valence-electron chi connectivity index (χ3n) is 2.79. The van der Waals surface area contributed by atoms with Crippen LogP contribution in [0.25, 0.3) is 0 Å². The van der Waals surface area contributed by atoms with E-state index in [4.69, 9.17) is 19.0 Å². The topological polar surface area (TPSA) is 89.2 Å². The number of sulfonamides is 1. The normalized spacial score (nSPS) is 12.2. The summed E-state index contributed by atoms with van der Waals surface area (Å²) < 4.78 is 41.5. The minimum atomic E-state index is -3.70. The van der Waals surface area contributed by atoms with Gasteiger partial charge in [0.15, 0.2) is 0 Å². The van der Waals surface area contributed by atoms with Crippen molar-refractivity contribution in [1.29, 1.82) is 0 Å². The molecule has 0 bridgehead atoms. The lowest BCUT2D eigenvalue weighted by Gasteiger charge is -2.21. The number of furan rings is 1. The monoisotopic (exact) mass is 307 g/mol. The van der Waals surface area contributed by atoms with E-state index in [0.717, 1.165) is 0 Å². The zero-order valence-corrected chi connectivity index (χ0v) is 12.8. The molecule has 0 amide bonds. The van der Waals surface area contributed by atoms with Gasteiger partial charge in [0.05, 0.1) is 13.2 Å². The summed E-state index contributed by atoms with van der Waals surface area (Å²) in [6.45, 7) is 2.23. The number of aliphatic hydroxyl groups is 1. The Bertz CT molecular complexity index is 502. The van der Waals surface area contributed by atoms with E-state index in [1.807, 2.05) is 0 Å². The average molecular weight is 307 g/mol. The van der Waals surface area contributed by atoms with Crippen LogP contribution >= 0.6 is 0 Å². The number of rotatable bonds is 9. The largest absolute Gasteiger partial charge is 0.462 e. The van der Waals surface area contributed by atoms with Gasteiger partial charge in [0.2, 0.25) is 10.0 Å². The van der Waals surface area contributed by atoms with Crippen LogP contribution in [-0.4, -0.2) is 58.4 Å². The predicted molar refractivity (Wildman–Crippen MR) is 71.9 cm³/mol. The van der Waals surface area contributed by atoms with Gasteiger partial charge in [-0.15, -0.1) is 0 Å². The molecule has 0 unspecified atom stereocenters. The van der Waals surface area contributed by atoms with Crippen LogP contribution in [0.3, 0.4) is 0 Å². The molecule has 0 spiro atoms. The van der Waals surface area contributed by atoms with Crippen molar-refractivity contribution >= 4 is 10.0 Å². The van der Waals surface area contributed by atoms with Gasteiger partial charge in [-0.05, 0) is 6.92 Å². The fourth-order valence-electron chi connectivity index (χ4n) is 1.74. The lowest BCUT2D eigenvalue weighted by Crippen LogP contribution is -2.36. The first-order valence-corrected chi connectivity index (χ1v) is 7.59. The van der Waals surface area contributed by atoms with E-state index in [-0.39, 0.29) is 49.3 Å². The van der Waals surface area contributed by atoms with Crippen LogP contribution in [0.15, 0.2) is 15.4 Å². The maximum atomic E-state index is 12.6. The van der Waals surface area contributed by atoms with Crippen molar-refractivity contribution in [2.75, 3.05) is 40.5 Å². The van der Waals surface area contributed by atoms with Crippen molar-refractivity contribution in [3.05, 3.63) is 17.6 Å². The molecule has 1 aromatic heterocycles. The van der Waals surface area contributed by atoms with Crippen molar-refractivity contribution in [2.24, 2.45) is 0 Å². The molecule has 0 fully saturated rings. The second-order valence-corrected chi connectivity index (χ2v) is 6.09. The summed E-state index contributed by atoms with van der Waals surface area (Å²) in [7, 11) is -0.681. The first kappa shape index (κ1) is 17.1. The smallest absolute Gasteiger partial charge is 0.246 e. The molecule has 7 nitrogen and oxygen atoms in total. The maximum absolute atomic E-state index is 12.6. The zero-order chi connectivity index (χ0) is 15.2. The Morgan fingerprint density at radius 2 is 1.80 bits per heavy atom. The summed E-state index contributed by atoms with van der Waals surface area (Å²) in [5.74, 6) is 0.480. The van der Waals surface area contributed by atoms with Crippen LogP contribution in [0.2, 0.25) is 0 Å². The Labute approximate surface area is 119 Å². The number of methoxy groups -OCH3 is 2. The molecule has 0 aliphatic rings. The highest BCUT2D eigenvalue weighted by Crippen LogP contribution is 2.23. The maximum Gasteiger partial charge on any atom is 0.246 e. The van der Waals surface area contributed by atoms with Gasteiger partial charge in [0.25, 0.3) is 0 Å². The van der Waals surface area contributed by atoms with Gasteiger partial charge >= 0.3 is 0 Å². The number of hydrogen-bond donors (Lipinski definition) is 1. The Balaban J connectivity index is 3.03. The second kappa shape index (κ2) is 7.75. The molecular weight excluding hydrogens is 286 g/mol. The molecule has 0 atom stereocenters. The summed E-state index contributed by atoms with van der Waals surface area (Å²) in [5.41, 5.74) is 0. The minimum Gasteiger partial charge on any atom is -0.462 e. The molecule has 0 aromatic carbocycles. The highest BCUT2D eigenvalue weighted by molar-refractivity contribution is 7.89. The molecule has 1 aromatic rings. The van der Waals surface area contributed by atoms with Crippen LogP contribution in [0.1, 0.15) is 11.5 Å². The molecule has 0 saturated heterocycles. The molecule has 116 valence electrons. The van der Waals surface area contributed by atoms with E-state index < -0.39 is 10.0 Å². The molecule has 8 heteroatoms. The first-order chi connectivity index (χ1) is 9.47. The SMILES string of the molecule is COCCN(CCOC)S(=O)(=O)c1cc(CO)oc1C. The number of aryl methyl sites for hydroxylation is 1. The van der Waals surface area contributed by atoms with Crippen molar-refractivity contribution in [3.8, 4) is 0 Å². The molecule has 0 aliphatic heterocycles. The van der Waals surface area contributed by atoms with E-state index in [1.165, 1.54) is 24.6 Å². The summed E-state index contributed by atoms with van der Waals surface area (Å²) >= 11 is 0. The molecule has 1 N–H and O–H groups in total. The highest BCUT2D eigenvalue weighted by Gasteiger charge is 2.28. The third kappa shape index (κ3) is 4.03. The van der Waals surface area contributed by atoms with Crippen LogP contribution < -0.4 is 0 Å². The Kier molecular flexibility index (Phi) is 6.63. The number of aliphatic hydroxyl groups excluding tert-OH is 1. The summed E-state index contributed by atoms with van der Waals surface area (Å²) in [6, 6.07) is 1.34. The van der Waals surface area contributed by atoms with Crippen LogP contribution in [0, 0.1) is 6.92 Å². The molecule has 1 heterocycles. The molecule has 0 radical (unpaired) electrons. The lowest BCUT2D eigenvalue weighted by molar-refractivity contribution is 0.150. The minimum absolute atomic E-state index is 0.0637. The van der Waals surface area contributed by atoms with E-state index in [2.05, 4.69) is 0 Å². The van der Waals surface area contributed by atoms with Gasteiger partial charge < -0.3 is 19.0 Å². The summed E-state index contributed by atoms with van der Waals surface area (Å²) in [6.07, 6.45) is 0. The van der Waals surface area contributed by atoms with Crippen LogP contribution in [0.5, 0.6) is 0 Å². The molecule has 0 saturated carbocycles. The fourth-order valence-corrected chi connectivity index (χ4v) is 3.33. The van der Waals surface area contributed by atoms with Gasteiger partial charge in [-0.1, -0.05) is 0 Å². The molecule has 1 rings (SSSR count). The van der Waals surface area contributed by atoms with Crippen molar-refractivity contribution in [2.45, 2.75) is 18.4 Å². The van der Waals surface area contributed by atoms with Gasteiger partial charge in [-0.25, -0.2) is 8.42 Å². The number of nitrogens with zero attached hydrogens (tertiary/aromatic N) is 1. The first-order valence-electron chi connectivity index (χ1n) is 6.15. The molecular formula is C12H21NO6S. The lowest BCUT2D eigenvalue weighted by atomic mass is 10.4. The quantitative estimate of drug-likeness (QED) is 0.709. The van der Waals surface area contributed by atoms with Gasteiger partial charge in [-0.3, -0.25) is 0 Å². The Hall–Kier alpha value is -0.930. The Morgan fingerprint density at radius 1 is 1.25 bits per heavy atom. The summed E-state index contributed by atoms with van der Waals surface area (Å²) in [5, 5.41) is 9.02. The summed E-state index contributed by atoms with van der Waals surface area (Å²) in [4.78, 5) is 0.0637. The van der Waals surface area contributed by atoms with E-state index in [0.29, 0.717) is 0 Å². The van der Waals surface area contributed by atoms with Gasteiger partial charge in [-0.2, -0.15) is 4.31 Å². The van der Waals surface area contributed by atoms with Crippen LogP contribution in [0.4, 0.5) is 0 Å². The number of hydrogen-bond acceptors (Lipinski definition) is 6. The highest BCUT2D eigenvalue weighted by atomic mass is 32.2. The van der Waals surface area contributed by atoms with Crippen LogP contribution in [-0.2, 0) is 26.1 Å². The van der Waals surface area contributed by atoms with E-state index >= 15 is 0 Å². The van der Waals surface area contributed by atoms with Crippen molar-refractivity contribution < 1.29 is 27.4 Å². The second-order valence-electron chi connectivity index (χ2n) is 4.18. The van der Waals surface area contributed by atoms with E-state index in [1.54, 1.807) is 6.92 Å². The van der Waals surface area contributed by atoms with Gasteiger partial charge in [0, 0.05) is 33.4 Å². The molecule has 20 heavy (non-hydrogen) atoms. The van der Waals surface area contributed by atoms with Crippen molar-refractivity contribution in [1.82, 2.24) is 4.31 Å². The van der Waals surface area contributed by atoms with Gasteiger partial charge in [0.1, 0.15) is 23.0 Å². The zero-order valence-electron chi connectivity index (χ0n) is 12.0. The standard InChI is InChI=1S/C12H21NO6S/c1-10-12(8-11(9-14)19-10)20(15,16)13(4-6-17-2)5-7-18-3/h8,14H,4-7,9H2,1-3H3. The number of ether oxygens (including phenoxy) is 2. The molecule has 0 aliphatic carbocycles. The Morgan fingerprint density at radius 3 is 2.20 bits per heavy atom. The van der Waals surface area contributed by atoms with Crippen molar-refractivity contribution in [3.63, 3.8) is 0 Å².